The van der Waals surface area contributed by atoms with Crippen molar-refractivity contribution in [3.05, 3.63) is 29.8 Å². The fourth-order valence-corrected chi connectivity index (χ4v) is 2.45. The van der Waals surface area contributed by atoms with Crippen molar-refractivity contribution in [1.29, 1.82) is 0 Å². The van der Waals surface area contributed by atoms with Crippen molar-refractivity contribution >= 4 is 5.91 Å². The Morgan fingerprint density at radius 3 is 2.80 bits per heavy atom. The van der Waals surface area contributed by atoms with Crippen LogP contribution in [-0.2, 0) is 4.79 Å². The van der Waals surface area contributed by atoms with E-state index in [1.807, 2.05) is 12.1 Å². The molecule has 2 unspecified atom stereocenters. The van der Waals surface area contributed by atoms with Gasteiger partial charge in [-0.3, -0.25) is 4.79 Å². The first-order chi connectivity index (χ1) is 9.70. The molecular weight excluding hydrogens is 252 g/mol. The van der Waals surface area contributed by atoms with E-state index >= 15 is 0 Å². The Bertz CT molecular complexity index is 431. The quantitative estimate of drug-likeness (QED) is 0.868. The number of rotatable bonds is 5. The van der Waals surface area contributed by atoms with E-state index in [4.69, 9.17) is 4.74 Å². The Kier molecular flexibility index (Phi) is 5.41. The van der Waals surface area contributed by atoms with Crippen LogP contribution in [0.25, 0.3) is 0 Å². The van der Waals surface area contributed by atoms with Gasteiger partial charge in [0.1, 0.15) is 5.75 Å². The molecule has 1 aliphatic rings. The minimum absolute atomic E-state index is 0.00703. The van der Waals surface area contributed by atoms with Crippen LogP contribution in [0.1, 0.15) is 44.7 Å². The van der Waals surface area contributed by atoms with Gasteiger partial charge in [0.15, 0.2) is 6.10 Å². The Hall–Kier alpha value is -1.55. The largest absolute Gasteiger partial charge is 0.481 e. The van der Waals surface area contributed by atoms with Crippen LogP contribution < -0.4 is 15.4 Å². The molecule has 1 aliphatic heterocycles. The first-order valence-corrected chi connectivity index (χ1v) is 7.48. The maximum absolute atomic E-state index is 11.8. The van der Waals surface area contributed by atoms with Crippen molar-refractivity contribution in [2.45, 2.75) is 45.3 Å². The standard InChI is InChI=1S/C16H24N2O2/c1-3-17-12(2)13-7-9-14(10-8-13)20-15-6-4-5-11-18-16(15)19/h7-10,12,15,17H,3-6,11H2,1-2H3,(H,18,19). The predicted molar refractivity (Wildman–Crippen MR) is 79.8 cm³/mol. The molecule has 0 saturated carbocycles. The maximum atomic E-state index is 11.8. The van der Waals surface area contributed by atoms with Crippen LogP contribution in [0.2, 0.25) is 0 Å². The van der Waals surface area contributed by atoms with Crippen molar-refractivity contribution in [2.75, 3.05) is 13.1 Å². The Morgan fingerprint density at radius 1 is 1.35 bits per heavy atom. The number of hydrogen-bond donors (Lipinski definition) is 2. The molecule has 0 aromatic heterocycles. The van der Waals surface area contributed by atoms with Crippen LogP contribution in [0.15, 0.2) is 24.3 Å². The lowest BCUT2D eigenvalue weighted by Crippen LogP contribution is -2.36. The van der Waals surface area contributed by atoms with E-state index in [1.165, 1.54) is 5.56 Å². The zero-order valence-corrected chi connectivity index (χ0v) is 12.3. The lowest BCUT2D eigenvalue weighted by Gasteiger charge is -2.17. The Labute approximate surface area is 120 Å². The topological polar surface area (TPSA) is 50.4 Å². The lowest BCUT2D eigenvalue weighted by atomic mass is 10.1. The zero-order chi connectivity index (χ0) is 14.4. The monoisotopic (exact) mass is 276 g/mol. The van der Waals surface area contributed by atoms with Crippen LogP contribution >= 0.6 is 0 Å². The van der Waals surface area contributed by atoms with E-state index in [9.17, 15) is 4.79 Å². The van der Waals surface area contributed by atoms with Gasteiger partial charge in [-0.25, -0.2) is 0 Å². The molecule has 0 radical (unpaired) electrons. The number of hydrogen-bond acceptors (Lipinski definition) is 3. The molecule has 1 saturated heterocycles. The first kappa shape index (κ1) is 14.9. The third-order valence-electron chi connectivity index (χ3n) is 3.65. The summed E-state index contributed by atoms with van der Waals surface area (Å²) in [6, 6.07) is 8.33. The molecule has 2 N–H and O–H groups in total. The van der Waals surface area contributed by atoms with Gasteiger partial charge in [-0.05, 0) is 50.4 Å². The second-order valence-electron chi connectivity index (χ2n) is 5.24. The van der Waals surface area contributed by atoms with Crippen LogP contribution in [0.5, 0.6) is 5.75 Å². The summed E-state index contributed by atoms with van der Waals surface area (Å²) in [7, 11) is 0. The molecule has 1 aromatic rings. The highest BCUT2D eigenvalue weighted by atomic mass is 16.5. The highest BCUT2D eigenvalue weighted by Gasteiger charge is 2.22. The summed E-state index contributed by atoms with van der Waals surface area (Å²) in [5, 5.41) is 6.26. The molecular formula is C16H24N2O2. The average Bonchev–Trinajstić information content (AvgIpc) is 2.65. The number of nitrogens with one attached hydrogen (secondary N) is 2. The fraction of sp³-hybridized carbons (Fsp3) is 0.562. The summed E-state index contributed by atoms with van der Waals surface area (Å²) in [4.78, 5) is 11.8. The number of ether oxygens (including phenoxy) is 1. The van der Waals surface area contributed by atoms with Crippen LogP contribution in [-0.4, -0.2) is 25.1 Å². The summed E-state index contributed by atoms with van der Waals surface area (Å²) in [6.45, 7) is 5.94. The molecule has 1 heterocycles. The van der Waals surface area contributed by atoms with E-state index < -0.39 is 0 Å². The molecule has 2 rings (SSSR count). The molecule has 20 heavy (non-hydrogen) atoms. The average molecular weight is 276 g/mol. The third-order valence-corrected chi connectivity index (χ3v) is 3.65. The van der Waals surface area contributed by atoms with Gasteiger partial charge in [-0.2, -0.15) is 0 Å². The molecule has 0 bridgehead atoms. The van der Waals surface area contributed by atoms with E-state index in [0.717, 1.165) is 38.1 Å². The van der Waals surface area contributed by atoms with E-state index in [0.29, 0.717) is 6.04 Å². The molecule has 4 heteroatoms. The minimum Gasteiger partial charge on any atom is -0.481 e. The van der Waals surface area contributed by atoms with Gasteiger partial charge in [0, 0.05) is 12.6 Å². The lowest BCUT2D eigenvalue weighted by molar-refractivity contribution is -0.127. The van der Waals surface area contributed by atoms with E-state index in [2.05, 4.69) is 36.6 Å². The van der Waals surface area contributed by atoms with Gasteiger partial charge in [0.25, 0.3) is 5.91 Å². The zero-order valence-electron chi connectivity index (χ0n) is 12.3. The molecule has 4 nitrogen and oxygen atoms in total. The highest BCUT2D eigenvalue weighted by molar-refractivity contribution is 5.81. The smallest absolute Gasteiger partial charge is 0.261 e. The number of carbonyl (C=O) groups is 1. The number of benzene rings is 1. The third kappa shape index (κ3) is 3.97. The molecule has 0 aliphatic carbocycles. The summed E-state index contributed by atoms with van der Waals surface area (Å²) in [6.07, 6.45) is 2.50. The molecule has 2 atom stereocenters. The summed E-state index contributed by atoms with van der Waals surface area (Å²) < 4.78 is 5.81. The normalized spacial score (nSPS) is 20.9. The minimum atomic E-state index is -0.352. The van der Waals surface area contributed by atoms with Gasteiger partial charge in [0.05, 0.1) is 0 Å². The molecule has 110 valence electrons. The second kappa shape index (κ2) is 7.29. The van der Waals surface area contributed by atoms with Crippen molar-refractivity contribution in [3.8, 4) is 5.75 Å². The number of amides is 1. The molecule has 0 spiro atoms. The number of carbonyl (C=O) groups excluding carboxylic acids is 1. The van der Waals surface area contributed by atoms with Crippen molar-refractivity contribution < 1.29 is 9.53 Å². The Morgan fingerprint density at radius 2 is 2.10 bits per heavy atom. The summed E-state index contributed by atoms with van der Waals surface area (Å²) in [5.41, 5.74) is 1.23. The van der Waals surface area contributed by atoms with Crippen LogP contribution in [0.3, 0.4) is 0 Å². The van der Waals surface area contributed by atoms with Gasteiger partial charge >= 0.3 is 0 Å². The summed E-state index contributed by atoms with van der Waals surface area (Å²) in [5.74, 6) is 0.770. The Balaban J connectivity index is 1.97. The van der Waals surface area contributed by atoms with Gasteiger partial charge in [-0.15, -0.1) is 0 Å². The second-order valence-corrected chi connectivity index (χ2v) is 5.24. The van der Waals surface area contributed by atoms with Crippen molar-refractivity contribution in [2.24, 2.45) is 0 Å². The maximum Gasteiger partial charge on any atom is 0.261 e. The SMILES string of the molecule is CCNC(C)c1ccc(OC2CCCCNC2=O)cc1. The van der Waals surface area contributed by atoms with Gasteiger partial charge in [0.2, 0.25) is 0 Å². The first-order valence-electron chi connectivity index (χ1n) is 7.48. The van der Waals surface area contributed by atoms with E-state index in [1.54, 1.807) is 0 Å². The van der Waals surface area contributed by atoms with Crippen LogP contribution in [0.4, 0.5) is 0 Å². The summed E-state index contributed by atoms with van der Waals surface area (Å²) >= 11 is 0. The molecule has 1 amide bonds. The van der Waals surface area contributed by atoms with Gasteiger partial charge < -0.3 is 15.4 Å². The van der Waals surface area contributed by atoms with Crippen molar-refractivity contribution in [1.82, 2.24) is 10.6 Å². The van der Waals surface area contributed by atoms with Crippen LogP contribution in [0, 0.1) is 0 Å². The molecule has 1 aromatic carbocycles. The fourth-order valence-electron chi connectivity index (χ4n) is 2.45. The van der Waals surface area contributed by atoms with Gasteiger partial charge in [-0.1, -0.05) is 19.1 Å². The predicted octanol–water partition coefficient (Wildman–Crippen LogP) is 2.40. The van der Waals surface area contributed by atoms with Crippen molar-refractivity contribution in [3.63, 3.8) is 0 Å². The van der Waals surface area contributed by atoms with E-state index in [-0.39, 0.29) is 12.0 Å². The molecule has 1 fully saturated rings. The highest BCUT2D eigenvalue weighted by Crippen LogP contribution is 2.20.